The Morgan fingerprint density at radius 3 is 1.20 bits per heavy atom. The fourth-order valence-corrected chi connectivity index (χ4v) is 10.3. The summed E-state index contributed by atoms with van der Waals surface area (Å²) in [5.74, 6) is -0.934. The van der Waals surface area contributed by atoms with Crippen molar-refractivity contribution in [1.82, 2.24) is 5.32 Å². The van der Waals surface area contributed by atoms with E-state index in [1.54, 1.807) is 0 Å². The molecule has 7 aliphatic heterocycles. The number of carbonyl (C=O) groups excluding carboxylic acids is 1. The van der Waals surface area contributed by atoms with Gasteiger partial charge in [-0.1, -0.05) is 0 Å². The van der Waals surface area contributed by atoms with E-state index in [4.69, 9.17) is 61.6 Å². The number of amides is 1. The molecule has 0 aliphatic carbocycles. The van der Waals surface area contributed by atoms with E-state index in [1.165, 1.54) is 6.92 Å². The van der Waals surface area contributed by atoms with Gasteiger partial charge in [0.1, 0.15) is 165 Å². The number of carbonyl (C=O) groups is 1. The van der Waals surface area contributed by atoms with Crippen LogP contribution in [0.5, 0.6) is 0 Å². The van der Waals surface area contributed by atoms with Gasteiger partial charge in [-0.15, -0.1) is 0 Å². The Kier molecular flexibility index (Phi) is 23.0. The first-order valence-corrected chi connectivity index (χ1v) is 25.5. The number of hydrogen-bond donors (Lipinski definition) is 22. The maximum Gasteiger partial charge on any atom is 0.217 e. The molecule has 0 radical (unpaired) electrons. The highest BCUT2D eigenvalue weighted by Gasteiger charge is 2.59. The molecule has 1 amide bonds. The van der Waals surface area contributed by atoms with Crippen LogP contribution >= 0.6 is 0 Å². The second-order valence-corrected chi connectivity index (χ2v) is 20.3. The Morgan fingerprint density at radius 1 is 0.325 bits per heavy atom. The van der Waals surface area contributed by atoms with Gasteiger partial charge in [0.25, 0.3) is 0 Å². The zero-order chi connectivity index (χ0) is 58.9. The highest BCUT2D eigenvalue weighted by Crippen LogP contribution is 2.39. The summed E-state index contributed by atoms with van der Waals surface area (Å²) in [6.45, 7) is -3.93. The van der Waals surface area contributed by atoms with Crippen molar-refractivity contribution in [2.75, 3.05) is 39.6 Å². The van der Waals surface area contributed by atoms with Gasteiger partial charge in [-0.2, -0.15) is 0 Å². The molecule has 7 fully saturated rings. The number of aliphatic hydroxyl groups excluding tert-OH is 21. The maximum absolute atomic E-state index is 13.0. The fraction of sp³-hybridized carbons (Fsp3) is 0.977. The van der Waals surface area contributed by atoms with Gasteiger partial charge in [0, 0.05) is 6.92 Å². The van der Waals surface area contributed by atoms with Crippen LogP contribution in [-0.2, 0) is 66.4 Å². The molecule has 466 valence electrons. The summed E-state index contributed by atoms with van der Waals surface area (Å²) in [7, 11) is 0. The van der Waals surface area contributed by atoms with Crippen molar-refractivity contribution in [3.8, 4) is 0 Å². The summed E-state index contributed by atoms with van der Waals surface area (Å²) in [6.07, 6.45) is -66.8. The summed E-state index contributed by atoms with van der Waals surface area (Å²) in [6, 6.07) is -1.91. The van der Waals surface area contributed by atoms with E-state index in [9.17, 15) is 112 Å². The standard InChI is InChI=1S/C44H75NO35/c1-9-18(53)23(58)28(63)40(68-9)80-37-36(79-41-29(64)24(59)19(54)11(3-46)71-41)22(57)14(6-49)73-44(37)77-34-17(45-10(2)52)39(70-12(4-47)20(34)55)78-35-21(56)13(5-48)72-43(31(35)66)76-33-16(8-51)74-42(30(65)26(33)61)75-32-15(7-50)69-38(67)27(62)25(32)60/h9,11-44,46-51,53-67H,3-8H2,1-2H3,(H,45,52)/t9-,11+,12+,13+,14+,15+,16+,17+,18+,19-,20-,21-,22-,23+,24-,25+,26+,27+,28-,29+,30+,31+,32+,33-,34+,35-,36-,37+,38+,39-,40-,41+,42-,43+,44-/m0/s1. The molecule has 0 spiro atoms. The summed E-state index contributed by atoms with van der Waals surface area (Å²) in [5.41, 5.74) is 0. The van der Waals surface area contributed by atoms with Crippen LogP contribution in [0.4, 0.5) is 0 Å². The van der Waals surface area contributed by atoms with Crippen LogP contribution in [0, 0.1) is 0 Å². The van der Waals surface area contributed by atoms with Gasteiger partial charge in [-0.25, -0.2) is 0 Å². The van der Waals surface area contributed by atoms with Crippen molar-refractivity contribution in [1.29, 1.82) is 0 Å². The molecular formula is C44H75NO35. The van der Waals surface area contributed by atoms with Crippen LogP contribution in [0.1, 0.15) is 13.8 Å². The van der Waals surface area contributed by atoms with E-state index < -0.39 is 260 Å². The third-order valence-electron chi connectivity index (χ3n) is 14.9. The monoisotopic (exact) mass is 1180 g/mol. The molecule has 36 nitrogen and oxygen atoms in total. The highest BCUT2D eigenvalue weighted by molar-refractivity contribution is 5.73. The van der Waals surface area contributed by atoms with Crippen molar-refractivity contribution < 1.29 is 174 Å². The van der Waals surface area contributed by atoms with E-state index in [-0.39, 0.29) is 0 Å². The Labute approximate surface area is 452 Å². The van der Waals surface area contributed by atoms with Crippen LogP contribution in [0.15, 0.2) is 0 Å². The van der Waals surface area contributed by atoms with E-state index in [0.717, 1.165) is 6.92 Å². The van der Waals surface area contributed by atoms with Gasteiger partial charge in [-0.05, 0) is 6.92 Å². The minimum absolute atomic E-state index is 0.898. The molecule has 7 rings (SSSR count). The molecule has 36 heteroatoms. The summed E-state index contributed by atoms with van der Waals surface area (Å²) in [4.78, 5) is 13.0. The third kappa shape index (κ3) is 13.5. The van der Waals surface area contributed by atoms with Crippen LogP contribution in [0.3, 0.4) is 0 Å². The molecule has 35 atom stereocenters. The highest BCUT2D eigenvalue weighted by atomic mass is 16.8. The first-order chi connectivity index (χ1) is 37.8. The lowest BCUT2D eigenvalue weighted by Crippen LogP contribution is -2.71. The molecule has 0 aromatic heterocycles. The first kappa shape index (κ1) is 65.6. The molecule has 7 heterocycles. The van der Waals surface area contributed by atoms with Crippen molar-refractivity contribution in [3.05, 3.63) is 0 Å². The van der Waals surface area contributed by atoms with Crippen molar-refractivity contribution in [2.45, 2.75) is 229 Å². The predicted molar refractivity (Wildman–Crippen MR) is 242 cm³/mol. The zero-order valence-electron chi connectivity index (χ0n) is 42.6. The Hall–Kier alpha value is -1.89. The average molecular weight is 1180 g/mol. The summed E-state index contributed by atoms with van der Waals surface area (Å²) in [5, 5.41) is 228. The van der Waals surface area contributed by atoms with Gasteiger partial charge in [-0.3, -0.25) is 4.79 Å². The number of aliphatic hydroxyl groups is 21. The number of ether oxygens (including phenoxy) is 13. The van der Waals surface area contributed by atoms with Crippen molar-refractivity contribution in [2.24, 2.45) is 0 Å². The lowest BCUT2D eigenvalue weighted by molar-refractivity contribution is -0.404. The molecule has 22 N–H and O–H groups in total. The van der Waals surface area contributed by atoms with Gasteiger partial charge < -0.3 is 174 Å². The van der Waals surface area contributed by atoms with Crippen molar-refractivity contribution >= 4 is 5.91 Å². The molecule has 0 saturated carbocycles. The Bertz CT molecular complexity index is 1920. The first-order valence-electron chi connectivity index (χ1n) is 25.5. The van der Waals surface area contributed by atoms with E-state index in [2.05, 4.69) is 5.32 Å². The Balaban J connectivity index is 1.17. The molecular weight excluding hydrogens is 1100 g/mol. The molecule has 0 unspecified atom stereocenters. The van der Waals surface area contributed by atoms with Gasteiger partial charge in [0.2, 0.25) is 5.91 Å². The normalized spacial score (nSPS) is 52.4. The lowest BCUT2D eigenvalue weighted by Gasteiger charge is -2.51. The Morgan fingerprint density at radius 2 is 0.675 bits per heavy atom. The van der Waals surface area contributed by atoms with Crippen LogP contribution in [0.2, 0.25) is 0 Å². The minimum Gasteiger partial charge on any atom is -0.394 e. The average Bonchev–Trinajstić information content (AvgIpc) is 3.60. The van der Waals surface area contributed by atoms with Gasteiger partial charge in [0.05, 0.1) is 45.7 Å². The topological polar surface area (TPSA) is 574 Å². The minimum atomic E-state index is -2.29. The molecule has 0 aromatic carbocycles. The predicted octanol–water partition coefficient (Wildman–Crippen LogP) is -15.1. The number of nitrogens with one attached hydrogen (secondary N) is 1. The van der Waals surface area contributed by atoms with Crippen LogP contribution in [0.25, 0.3) is 0 Å². The van der Waals surface area contributed by atoms with Gasteiger partial charge >= 0.3 is 0 Å². The van der Waals surface area contributed by atoms with Crippen LogP contribution in [-0.4, -0.2) is 368 Å². The zero-order valence-corrected chi connectivity index (χ0v) is 42.6. The molecule has 0 aromatic rings. The molecule has 80 heavy (non-hydrogen) atoms. The second kappa shape index (κ2) is 28.1. The number of hydrogen-bond acceptors (Lipinski definition) is 35. The number of rotatable bonds is 19. The molecule has 7 aliphatic rings. The lowest BCUT2D eigenvalue weighted by atomic mass is 9.94. The molecule has 0 bridgehead atoms. The third-order valence-corrected chi connectivity index (χ3v) is 14.9. The fourth-order valence-electron chi connectivity index (χ4n) is 10.3. The molecule has 7 saturated heterocycles. The quantitative estimate of drug-likeness (QED) is 0.0571. The maximum atomic E-state index is 13.0. The van der Waals surface area contributed by atoms with Crippen LogP contribution < -0.4 is 5.32 Å². The van der Waals surface area contributed by atoms with E-state index in [1.807, 2.05) is 0 Å². The van der Waals surface area contributed by atoms with E-state index in [0.29, 0.717) is 0 Å². The largest absolute Gasteiger partial charge is 0.394 e. The van der Waals surface area contributed by atoms with E-state index >= 15 is 0 Å². The smallest absolute Gasteiger partial charge is 0.217 e. The summed E-state index contributed by atoms with van der Waals surface area (Å²) < 4.78 is 74.9. The SMILES string of the molecule is CC(=O)N[C@H]1[C@H](O[C@H]2[C@@H](O)[C@@H](CO)O[C@H](O[C@@H]3[C@H](O)[C@@H](O)[C@H](O[C@H]4[C@H](O)[C@@H](O)[C@H](O)O[C@@H]4CO)O[C@@H]3CO)[C@@H]2O)O[C@H](CO)[C@H](O)[C@@H]1O[C@@H]1O[C@H](CO)[C@H](O)[C@H](O[C@H]2O[C@H](CO)[C@H](O)[C@H](O)[C@H]2O)[C@H]1O[C@@H]1O[C@@H](C)[C@@H](O)[C@@H](O)[C@@H]1O. The second-order valence-electron chi connectivity index (χ2n) is 20.3. The summed E-state index contributed by atoms with van der Waals surface area (Å²) >= 11 is 0. The van der Waals surface area contributed by atoms with Crippen molar-refractivity contribution in [3.63, 3.8) is 0 Å². The van der Waals surface area contributed by atoms with Gasteiger partial charge in [0.15, 0.2) is 44.0 Å².